The molecule has 38 heavy (non-hydrogen) atoms. The summed E-state index contributed by atoms with van der Waals surface area (Å²) < 4.78 is 0. The van der Waals surface area contributed by atoms with Gasteiger partial charge >= 0.3 is 11.9 Å². The van der Waals surface area contributed by atoms with Gasteiger partial charge in [-0.25, -0.2) is 4.79 Å². The van der Waals surface area contributed by atoms with Crippen LogP contribution in [0.5, 0.6) is 0 Å². The summed E-state index contributed by atoms with van der Waals surface area (Å²) in [7, 11) is 0. The Labute approximate surface area is 221 Å². The average Bonchev–Trinajstić information content (AvgIpc) is 2.82. The standard InChI is InChI=1S/C20H32N8O9S/c21-20(22)24-4-1-2-10-17(34)25-7-14(30)27-11(6-16(32)33)18(35)28-12(19(36)37)8-38-9-15(31)23-5-3-13(29)26-10/h10-12H,1-9H2,(H,23,31)(H,25,34)(H,26,29)(H,27,30)(H,28,35)(H,32,33)(H,36,37)(H4,21,22,24)/t10-,11-,12-/m0/s1. The van der Waals surface area contributed by atoms with E-state index in [1.54, 1.807) is 0 Å². The number of nitrogens with two attached hydrogens (primary N) is 2. The van der Waals surface area contributed by atoms with Gasteiger partial charge in [0.2, 0.25) is 29.5 Å². The molecule has 0 saturated carbocycles. The molecule has 5 amide bonds. The molecule has 0 unspecified atom stereocenters. The summed E-state index contributed by atoms with van der Waals surface area (Å²) in [5.74, 6) is -7.29. The van der Waals surface area contributed by atoms with Gasteiger partial charge in [-0.2, -0.15) is 0 Å². The minimum Gasteiger partial charge on any atom is -0.481 e. The van der Waals surface area contributed by atoms with Crippen molar-refractivity contribution in [1.29, 1.82) is 0 Å². The SMILES string of the molecule is NC(N)=NCCC[C@@H]1NC(=O)CCNC(=O)CSC[C@@H](C(=O)O)NC(=O)[C@H](CC(=O)O)NC(=O)CNC1=O. The van der Waals surface area contributed by atoms with Gasteiger partial charge in [0, 0.05) is 25.3 Å². The van der Waals surface area contributed by atoms with Crippen molar-refractivity contribution in [3.8, 4) is 0 Å². The van der Waals surface area contributed by atoms with Crippen molar-refractivity contribution in [1.82, 2.24) is 26.6 Å². The lowest BCUT2D eigenvalue weighted by atomic mass is 10.1. The van der Waals surface area contributed by atoms with Crippen LogP contribution in [-0.4, -0.2) is 107 Å². The fourth-order valence-corrected chi connectivity index (χ4v) is 3.91. The third-order valence-electron chi connectivity index (χ3n) is 4.86. The third-order valence-corrected chi connectivity index (χ3v) is 5.89. The first-order valence-corrected chi connectivity index (χ1v) is 12.6. The number of carbonyl (C=O) groups is 7. The van der Waals surface area contributed by atoms with Gasteiger partial charge in [-0.05, 0) is 12.8 Å². The molecule has 1 aliphatic heterocycles. The Bertz CT molecular complexity index is 941. The number of amides is 5. The van der Waals surface area contributed by atoms with E-state index in [0.29, 0.717) is 6.42 Å². The second-order valence-electron chi connectivity index (χ2n) is 8.02. The van der Waals surface area contributed by atoms with Crippen LogP contribution in [0.25, 0.3) is 0 Å². The largest absolute Gasteiger partial charge is 0.481 e. The number of carboxylic acid groups (broad SMARTS) is 2. The smallest absolute Gasteiger partial charge is 0.327 e. The molecule has 0 aromatic carbocycles. The van der Waals surface area contributed by atoms with Crippen LogP contribution in [0.15, 0.2) is 4.99 Å². The Hall–Kier alpha value is -4.09. The molecule has 0 aromatic heterocycles. The minimum atomic E-state index is -1.65. The van der Waals surface area contributed by atoms with Gasteiger partial charge in [-0.15, -0.1) is 11.8 Å². The molecule has 1 aliphatic rings. The second kappa shape index (κ2) is 16.6. The number of carboxylic acids is 2. The van der Waals surface area contributed by atoms with Crippen LogP contribution in [0.2, 0.25) is 0 Å². The van der Waals surface area contributed by atoms with E-state index in [1.807, 2.05) is 0 Å². The van der Waals surface area contributed by atoms with Gasteiger partial charge in [-0.3, -0.25) is 33.8 Å². The zero-order chi connectivity index (χ0) is 28.7. The highest BCUT2D eigenvalue weighted by molar-refractivity contribution is 8.00. The van der Waals surface area contributed by atoms with Crippen molar-refractivity contribution >= 4 is 59.2 Å². The monoisotopic (exact) mass is 560 g/mol. The Kier molecular flexibility index (Phi) is 14.0. The van der Waals surface area contributed by atoms with Crippen LogP contribution >= 0.6 is 11.8 Å². The fraction of sp³-hybridized carbons (Fsp3) is 0.600. The molecular formula is C20H32N8O9S. The molecule has 0 bridgehead atoms. The molecule has 0 aromatic rings. The lowest BCUT2D eigenvalue weighted by Crippen LogP contribution is -2.55. The first kappa shape index (κ1) is 31.9. The van der Waals surface area contributed by atoms with Gasteiger partial charge in [0.1, 0.15) is 18.1 Å². The maximum absolute atomic E-state index is 12.7. The van der Waals surface area contributed by atoms with Crippen molar-refractivity contribution in [2.24, 2.45) is 16.5 Å². The predicted octanol–water partition coefficient (Wildman–Crippen LogP) is -4.58. The van der Waals surface area contributed by atoms with Crippen molar-refractivity contribution in [3.63, 3.8) is 0 Å². The number of nitrogens with zero attached hydrogens (tertiary/aromatic N) is 1. The van der Waals surface area contributed by atoms with E-state index in [1.165, 1.54) is 0 Å². The maximum atomic E-state index is 12.7. The predicted molar refractivity (Wildman–Crippen MR) is 134 cm³/mol. The normalized spacial score (nSPS) is 22.6. The minimum absolute atomic E-state index is 0.0636. The number of guanidine groups is 1. The number of hydrogen-bond acceptors (Lipinski definition) is 9. The van der Waals surface area contributed by atoms with Crippen LogP contribution < -0.4 is 38.1 Å². The van der Waals surface area contributed by atoms with E-state index in [2.05, 4.69) is 31.6 Å². The summed E-state index contributed by atoms with van der Waals surface area (Å²) in [4.78, 5) is 88.4. The first-order valence-electron chi connectivity index (χ1n) is 11.4. The number of hydrogen-bond donors (Lipinski definition) is 9. The summed E-state index contributed by atoms with van der Waals surface area (Å²) in [6, 6.07) is -4.22. The molecule has 11 N–H and O–H groups in total. The molecule has 1 saturated heterocycles. The number of aliphatic carboxylic acids is 2. The zero-order valence-corrected chi connectivity index (χ0v) is 21.2. The number of carbonyl (C=O) groups excluding carboxylic acids is 5. The summed E-state index contributed by atoms with van der Waals surface area (Å²) >= 11 is 0.882. The van der Waals surface area contributed by atoms with Crippen LogP contribution in [-0.2, 0) is 33.6 Å². The molecule has 1 heterocycles. The Balaban J connectivity index is 3.05. The van der Waals surface area contributed by atoms with Crippen molar-refractivity contribution in [2.75, 3.05) is 31.1 Å². The van der Waals surface area contributed by atoms with Gasteiger partial charge in [0.05, 0.1) is 18.7 Å². The Morgan fingerprint density at radius 3 is 2.24 bits per heavy atom. The number of rotatable bonds is 7. The second-order valence-corrected chi connectivity index (χ2v) is 9.05. The molecule has 1 rings (SSSR count). The summed E-state index contributed by atoms with van der Waals surface area (Å²) in [6.07, 6.45) is -0.641. The number of nitrogens with one attached hydrogen (secondary N) is 5. The van der Waals surface area contributed by atoms with Crippen LogP contribution in [0.4, 0.5) is 0 Å². The quantitative estimate of drug-likeness (QED) is 0.0808. The average molecular weight is 561 g/mol. The Morgan fingerprint density at radius 1 is 0.921 bits per heavy atom. The van der Waals surface area contributed by atoms with Gasteiger partial charge in [0.25, 0.3) is 0 Å². The topological polar surface area (TPSA) is 284 Å². The van der Waals surface area contributed by atoms with Crippen LogP contribution in [0, 0.1) is 0 Å². The highest BCUT2D eigenvalue weighted by atomic mass is 32.2. The molecule has 1 fully saturated rings. The van der Waals surface area contributed by atoms with E-state index in [9.17, 15) is 38.7 Å². The van der Waals surface area contributed by atoms with E-state index in [-0.39, 0.29) is 43.4 Å². The summed E-state index contributed by atoms with van der Waals surface area (Å²) in [6.45, 7) is -0.567. The molecule has 212 valence electrons. The van der Waals surface area contributed by atoms with Gasteiger partial charge in [0.15, 0.2) is 5.96 Å². The number of thioether (sulfide) groups is 1. The molecular weight excluding hydrogens is 528 g/mol. The molecule has 3 atom stereocenters. The van der Waals surface area contributed by atoms with Crippen LogP contribution in [0.3, 0.4) is 0 Å². The molecule has 0 radical (unpaired) electrons. The van der Waals surface area contributed by atoms with Crippen molar-refractivity contribution < 1.29 is 43.8 Å². The third kappa shape index (κ3) is 13.3. The highest BCUT2D eigenvalue weighted by Crippen LogP contribution is 2.05. The van der Waals surface area contributed by atoms with E-state index < -0.39 is 72.6 Å². The lowest BCUT2D eigenvalue weighted by molar-refractivity contribution is -0.143. The molecule has 0 aliphatic carbocycles. The van der Waals surface area contributed by atoms with Crippen molar-refractivity contribution in [2.45, 2.75) is 43.8 Å². The highest BCUT2D eigenvalue weighted by Gasteiger charge is 2.29. The maximum Gasteiger partial charge on any atom is 0.327 e. The first-order chi connectivity index (χ1) is 17.9. The van der Waals surface area contributed by atoms with E-state index in [4.69, 9.17) is 16.6 Å². The van der Waals surface area contributed by atoms with E-state index >= 15 is 0 Å². The lowest BCUT2D eigenvalue weighted by Gasteiger charge is -2.21. The van der Waals surface area contributed by atoms with E-state index in [0.717, 1.165) is 11.8 Å². The zero-order valence-electron chi connectivity index (χ0n) is 20.4. The summed E-state index contributed by atoms with van der Waals surface area (Å²) in [5.41, 5.74) is 10.5. The summed E-state index contributed by atoms with van der Waals surface area (Å²) in [5, 5.41) is 30.0. The molecule has 0 spiro atoms. The number of aliphatic imine (C=N–C) groups is 1. The van der Waals surface area contributed by atoms with Gasteiger partial charge in [-0.1, -0.05) is 0 Å². The Morgan fingerprint density at radius 2 is 1.61 bits per heavy atom. The molecule has 18 heteroatoms. The molecule has 17 nitrogen and oxygen atoms in total. The van der Waals surface area contributed by atoms with Crippen LogP contribution in [0.1, 0.15) is 25.7 Å². The van der Waals surface area contributed by atoms with Gasteiger partial charge < -0.3 is 48.3 Å². The van der Waals surface area contributed by atoms with Crippen molar-refractivity contribution in [3.05, 3.63) is 0 Å². The fourth-order valence-electron chi connectivity index (χ4n) is 3.04.